The smallest absolute Gasteiger partial charge is 0.311 e. The summed E-state index contributed by atoms with van der Waals surface area (Å²) in [6.07, 6.45) is -2.37. The Morgan fingerprint density at radius 1 is 1.20 bits per heavy atom. The van der Waals surface area contributed by atoms with Crippen LogP contribution in [0.1, 0.15) is 53.4 Å². The maximum atomic E-state index is 12.3. The lowest BCUT2D eigenvalue weighted by Crippen LogP contribution is -2.60. The summed E-state index contributed by atoms with van der Waals surface area (Å²) in [5.74, 6) is 0. The van der Waals surface area contributed by atoms with E-state index in [1.165, 1.54) is 0 Å². The Kier molecular flexibility index (Phi) is 6.32. The van der Waals surface area contributed by atoms with Crippen LogP contribution in [0.15, 0.2) is 0 Å². The second kappa shape index (κ2) is 7.12. The van der Waals surface area contributed by atoms with Crippen LogP contribution >= 0.6 is 0 Å². The van der Waals surface area contributed by atoms with E-state index < -0.39 is 12.6 Å². The number of hydrogen-bond donors (Lipinski definition) is 1. The molecule has 1 aliphatic rings. The predicted octanol–water partition coefficient (Wildman–Crippen LogP) is 3.82. The van der Waals surface area contributed by atoms with Gasteiger partial charge in [-0.3, -0.25) is 4.90 Å². The van der Waals surface area contributed by atoms with E-state index in [-0.39, 0.29) is 11.8 Å². The largest absolute Gasteiger partial charge is 0.389 e. The van der Waals surface area contributed by atoms with Gasteiger partial charge in [0.05, 0.1) is 0 Å². The average Bonchev–Trinajstić information content (AvgIpc) is 2.28. The molecule has 0 bridgehead atoms. The standard InChI is InChI=1S/C15H29F3N2/c1-5-7-12-10-19-13(14(2,3)4)11-20(12)9-6-8-15(16,17)18/h12-13,19H,5-11H2,1-4H3. The third-order valence-corrected chi connectivity index (χ3v) is 4.11. The Hall–Kier alpha value is -0.290. The Morgan fingerprint density at radius 3 is 2.35 bits per heavy atom. The molecule has 0 spiro atoms. The highest BCUT2D eigenvalue weighted by atomic mass is 19.4. The van der Waals surface area contributed by atoms with E-state index in [4.69, 9.17) is 0 Å². The van der Waals surface area contributed by atoms with Crippen LogP contribution in [-0.2, 0) is 0 Å². The first-order chi connectivity index (χ1) is 9.13. The zero-order chi connectivity index (χ0) is 15.4. The number of nitrogens with zero attached hydrogens (tertiary/aromatic N) is 1. The molecule has 2 atom stereocenters. The third kappa shape index (κ3) is 6.00. The molecule has 20 heavy (non-hydrogen) atoms. The van der Waals surface area contributed by atoms with Crippen molar-refractivity contribution in [2.45, 2.75) is 71.6 Å². The highest BCUT2D eigenvalue weighted by Gasteiger charge is 2.34. The number of nitrogens with one attached hydrogen (secondary N) is 1. The van der Waals surface area contributed by atoms with Crippen molar-refractivity contribution in [3.63, 3.8) is 0 Å². The lowest BCUT2D eigenvalue weighted by atomic mass is 9.84. The lowest BCUT2D eigenvalue weighted by molar-refractivity contribution is -0.136. The molecule has 1 N–H and O–H groups in total. The molecule has 5 heteroatoms. The zero-order valence-corrected chi connectivity index (χ0v) is 13.2. The molecular weight excluding hydrogens is 265 g/mol. The maximum Gasteiger partial charge on any atom is 0.389 e. The number of halogens is 3. The summed E-state index contributed by atoms with van der Waals surface area (Å²) in [4.78, 5) is 2.27. The van der Waals surface area contributed by atoms with Gasteiger partial charge < -0.3 is 5.32 Å². The fourth-order valence-electron chi connectivity index (χ4n) is 2.81. The second-order valence-corrected chi connectivity index (χ2v) is 6.98. The van der Waals surface area contributed by atoms with Crippen LogP contribution in [-0.4, -0.2) is 42.8 Å². The van der Waals surface area contributed by atoms with Gasteiger partial charge in [-0.05, 0) is 24.8 Å². The molecule has 2 unspecified atom stereocenters. The molecule has 0 saturated carbocycles. The van der Waals surface area contributed by atoms with Gasteiger partial charge in [-0.2, -0.15) is 13.2 Å². The molecular formula is C15H29F3N2. The van der Waals surface area contributed by atoms with Crippen molar-refractivity contribution >= 4 is 0 Å². The SMILES string of the molecule is CCCC1CNC(C(C)(C)C)CN1CCCC(F)(F)F. The normalized spacial score (nSPS) is 25.9. The van der Waals surface area contributed by atoms with Crippen molar-refractivity contribution < 1.29 is 13.2 Å². The van der Waals surface area contributed by atoms with Crippen LogP contribution < -0.4 is 5.32 Å². The van der Waals surface area contributed by atoms with Crippen LogP contribution in [0, 0.1) is 5.41 Å². The Bertz CT molecular complexity index is 284. The van der Waals surface area contributed by atoms with Crippen LogP contribution in [0.3, 0.4) is 0 Å². The molecule has 120 valence electrons. The molecule has 1 saturated heterocycles. The number of alkyl halides is 3. The van der Waals surface area contributed by atoms with Gasteiger partial charge in [-0.25, -0.2) is 0 Å². The van der Waals surface area contributed by atoms with Crippen LogP contribution in [0.5, 0.6) is 0 Å². The zero-order valence-electron chi connectivity index (χ0n) is 13.2. The monoisotopic (exact) mass is 294 g/mol. The van der Waals surface area contributed by atoms with E-state index in [1.807, 2.05) is 0 Å². The minimum Gasteiger partial charge on any atom is -0.311 e. The molecule has 1 heterocycles. The van der Waals surface area contributed by atoms with Crippen molar-refractivity contribution in [2.24, 2.45) is 5.41 Å². The Balaban J connectivity index is 2.55. The molecule has 0 aromatic rings. The molecule has 0 aromatic heterocycles. The van der Waals surface area contributed by atoms with Gasteiger partial charge in [0.2, 0.25) is 0 Å². The molecule has 1 fully saturated rings. The molecule has 1 aliphatic heterocycles. The fraction of sp³-hybridized carbons (Fsp3) is 1.00. The highest BCUT2D eigenvalue weighted by molar-refractivity contribution is 4.91. The first kappa shape index (κ1) is 17.8. The Morgan fingerprint density at radius 2 is 1.85 bits per heavy atom. The molecule has 0 aliphatic carbocycles. The van der Waals surface area contributed by atoms with Gasteiger partial charge in [-0.1, -0.05) is 34.1 Å². The van der Waals surface area contributed by atoms with Crippen molar-refractivity contribution in [3.8, 4) is 0 Å². The van der Waals surface area contributed by atoms with Gasteiger partial charge in [0.1, 0.15) is 0 Å². The van der Waals surface area contributed by atoms with E-state index in [1.54, 1.807) is 0 Å². The number of piperazine rings is 1. The Labute approximate surface area is 121 Å². The first-order valence-electron chi connectivity index (χ1n) is 7.67. The number of rotatable bonds is 5. The van der Waals surface area contributed by atoms with Crippen molar-refractivity contribution in [1.29, 1.82) is 0 Å². The summed E-state index contributed by atoms with van der Waals surface area (Å²) in [6, 6.07) is 0.730. The van der Waals surface area contributed by atoms with Gasteiger partial charge in [0.15, 0.2) is 0 Å². The molecule has 0 aromatic carbocycles. The van der Waals surface area contributed by atoms with Crippen molar-refractivity contribution in [3.05, 3.63) is 0 Å². The van der Waals surface area contributed by atoms with E-state index >= 15 is 0 Å². The van der Waals surface area contributed by atoms with Gasteiger partial charge in [0, 0.05) is 31.6 Å². The predicted molar refractivity (Wildman–Crippen MR) is 76.8 cm³/mol. The van der Waals surface area contributed by atoms with Crippen LogP contribution in [0.2, 0.25) is 0 Å². The summed E-state index contributed by atoms with van der Waals surface area (Å²) in [7, 11) is 0. The molecule has 2 nitrogen and oxygen atoms in total. The summed E-state index contributed by atoms with van der Waals surface area (Å²) < 4.78 is 36.9. The third-order valence-electron chi connectivity index (χ3n) is 4.11. The summed E-state index contributed by atoms with van der Waals surface area (Å²) in [6.45, 7) is 11.0. The minimum absolute atomic E-state index is 0.138. The molecule has 0 amide bonds. The van der Waals surface area contributed by atoms with Gasteiger partial charge in [0.25, 0.3) is 0 Å². The van der Waals surface area contributed by atoms with Crippen LogP contribution in [0.25, 0.3) is 0 Å². The summed E-state index contributed by atoms with van der Waals surface area (Å²) in [5, 5.41) is 3.57. The lowest BCUT2D eigenvalue weighted by Gasteiger charge is -2.45. The van der Waals surface area contributed by atoms with E-state index in [0.717, 1.165) is 25.9 Å². The summed E-state index contributed by atoms with van der Waals surface area (Å²) in [5.41, 5.74) is 0.138. The molecule has 0 radical (unpaired) electrons. The topological polar surface area (TPSA) is 15.3 Å². The molecule has 1 rings (SSSR count). The minimum atomic E-state index is -4.03. The van der Waals surface area contributed by atoms with E-state index in [2.05, 4.69) is 37.9 Å². The first-order valence-corrected chi connectivity index (χ1v) is 7.67. The van der Waals surface area contributed by atoms with E-state index in [0.29, 0.717) is 18.6 Å². The van der Waals surface area contributed by atoms with E-state index in [9.17, 15) is 13.2 Å². The average molecular weight is 294 g/mol. The fourth-order valence-corrected chi connectivity index (χ4v) is 2.81. The van der Waals surface area contributed by atoms with Crippen LogP contribution in [0.4, 0.5) is 13.2 Å². The van der Waals surface area contributed by atoms with Gasteiger partial charge >= 0.3 is 6.18 Å². The maximum absolute atomic E-state index is 12.3. The summed E-state index contributed by atoms with van der Waals surface area (Å²) >= 11 is 0. The second-order valence-electron chi connectivity index (χ2n) is 6.98. The number of hydrogen-bond acceptors (Lipinski definition) is 2. The quantitative estimate of drug-likeness (QED) is 0.829. The highest BCUT2D eigenvalue weighted by Crippen LogP contribution is 2.26. The van der Waals surface area contributed by atoms with Crippen molar-refractivity contribution in [2.75, 3.05) is 19.6 Å². The van der Waals surface area contributed by atoms with Crippen molar-refractivity contribution in [1.82, 2.24) is 10.2 Å². The van der Waals surface area contributed by atoms with Gasteiger partial charge in [-0.15, -0.1) is 0 Å².